The van der Waals surface area contributed by atoms with Crippen LogP contribution in [0, 0.1) is 0 Å². The molecule has 0 spiro atoms. The molecule has 4 aromatic rings. The summed E-state index contributed by atoms with van der Waals surface area (Å²) < 4.78 is 6.74. The molecule has 0 saturated heterocycles. The molecule has 128 valence electrons. The largest absolute Gasteiger partial charge is 0.487 e. The summed E-state index contributed by atoms with van der Waals surface area (Å²) in [7, 11) is 0. The Balaban J connectivity index is 1.48. The molecular weight excluding hydrogens is 388 g/mol. The quantitative estimate of drug-likeness (QED) is 0.462. The van der Waals surface area contributed by atoms with Gasteiger partial charge in [-0.2, -0.15) is 0 Å². The summed E-state index contributed by atoms with van der Waals surface area (Å²) in [6, 6.07) is 15.5. The number of nitrogens with zero attached hydrogens (tertiary/aromatic N) is 1. The Morgan fingerprint density at radius 2 is 1.92 bits per heavy atom. The van der Waals surface area contributed by atoms with Crippen molar-refractivity contribution >= 4 is 55.4 Å². The number of fused-ring (bicyclic) bond motifs is 4. The molecule has 1 N–H and O–H groups in total. The average Bonchev–Trinajstić information content (AvgIpc) is 3.23. The van der Waals surface area contributed by atoms with Crippen LogP contribution in [0.2, 0.25) is 5.02 Å². The van der Waals surface area contributed by atoms with Gasteiger partial charge in [0.05, 0.1) is 15.6 Å². The lowest BCUT2D eigenvalue weighted by atomic mass is 10.1. The molecule has 1 amide bonds. The van der Waals surface area contributed by atoms with Gasteiger partial charge in [-0.05, 0) is 18.2 Å². The highest BCUT2D eigenvalue weighted by Crippen LogP contribution is 2.41. The number of rotatable bonds is 2. The van der Waals surface area contributed by atoms with Gasteiger partial charge in [0.2, 0.25) is 0 Å². The summed E-state index contributed by atoms with van der Waals surface area (Å²) in [6.45, 7) is 0.462. The van der Waals surface area contributed by atoms with Crippen molar-refractivity contribution in [3.05, 3.63) is 63.3 Å². The normalized spacial score (nSPS) is 12.3. The Morgan fingerprint density at radius 3 is 2.81 bits per heavy atom. The number of carbonyl (C=O) groups is 1. The molecule has 0 aliphatic carbocycles. The summed E-state index contributed by atoms with van der Waals surface area (Å²) in [5.41, 5.74) is 1.82. The third-order valence-electron chi connectivity index (χ3n) is 4.16. The highest BCUT2D eigenvalue weighted by molar-refractivity contribution is 7.22. The van der Waals surface area contributed by atoms with Gasteiger partial charge in [-0.15, -0.1) is 11.3 Å². The Hall–Kier alpha value is -2.41. The second-order valence-corrected chi connectivity index (χ2v) is 8.28. The van der Waals surface area contributed by atoms with E-state index in [0.29, 0.717) is 21.6 Å². The number of thiazole rings is 1. The molecule has 2 aromatic carbocycles. The number of anilines is 1. The number of hydrogen-bond acceptors (Lipinski definition) is 5. The van der Waals surface area contributed by atoms with E-state index in [1.54, 1.807) is 0 Å². The van der Waals surface area contributed by atoms with Gasteiger partial charge in [-0.1, -0.05) is 53.3 Å². The van der Waals surface area contributed by atoms with Gasteiger partial charge in [-0.3, -0.25) is 10.1 Å². The molecule has 0 fully saturated rings. The number of aromatic nitrogens is 1. The molecule has 2 aromatic heterocycles. The lowest BCUT2D eigenvalue weighted by Gasteiger charge is -2.15. The number of benzene rings is 2. The fraction of sp³-hybridized carbons (Fsp3) is 0.0526. The molecule has 3 heterocycles. The van der Waals surface area contributed by atoms with E-state index >= 15 is 0 Å². The summed E-state index contributed by atoms with van der Waals surface area (Å²) in [5, 5.41) is 4.81. The molecular formula is C19H11ClN2O2S2. The lowest BCUT2D eigenvalue weighted by Crippen LogP contribution is -2.10. The molecule has 0 bridgehead atoms. The van der Waals surface area contributed by atoms with Crippen LogP contribution in [0.4, 0.5) is 5.13 Å². The Morgan fingerprint density at radius 1 is 1.12 bits per heavy atom. The van der Waals surface area contributed by atoms with Crippen molar-refractivity contribution in [1.29, 1.82) is 0 Å². The minimum atomic E-state index is -0.239. The molecule has 1 aliphatic rings. The Kier molecular flexibility index (Phi) is 3.70. The lowest BCUT2D eigenvalue weighted by molar-refractivity contribution is 0.103. The van der Waals surface area contributed by atoms with Crippen molar-refractivity contribution in [2.75, 3.05) is 5.32 Å². The molecule has 0 atom stereocenters. The van der Waals surface area contributed by atoms with E-state index in [1.807, 2.05) is 48.5 Å². The van der Waals surface area contributed by atoms with Crippen LogP contribution in [0.5, 0.6) is 5.75 Å². The van der Waals surface area contributed by atoms with Crippen LogP contribution < -0.4 is 10.1 Å². The zero-order valence-electron chi connectivity index (χ0n) is 13.3. The highest BCUT2D eigenvalue weighted by Gasteiger charge is 2.24. The van der Waals surface area contributed by atoms with Crippen LogP contribution in [0.15, 0.2) is 48.5 Å². The van der Waals surface area contributed by atoms with E-state index in [1.165, 1.54) is 22.7 Å². The summed E-state index contributed by atoms with van der Waals surface area (Å²) in [5.74, 6) is 0.576. The molecule has 26 heavy (non-hydrogen) atoms. The zero-order valence-corrected chi connectivity index (χ0v) is 15.7. The first-order valence-corrected chi connectivity index (χ1v) is 9.92. The Bertz CT molecular complexity index is 1170. The number of halogens is 1. The van der Waals surface area contributed by atoms with Crippen LogP contribution in [0.1, 0.15) is 14.5 Å². The number of ether oxygens (including phenoxy) is 1. The second kappa shape index (κ2) is 6.09. The number of nitrogens with one attached hydrogen (secondary N) is 1. The van der Waals surface area contributed by atoms with E-state index in [2.05, 4.69) is 10.3 Å². The summed E-state index contributed by atoms with van der Waals surface area (Å²) in [6.07, 6.45) is 0. The summed E-state index contributed by atoms with van der Waals surface area (Å²) >= 11 is 9.21. The van der Waals surface area contributed by atoms with Crippen molar-refractivity contribution in [1.82, 2.24) is 4.98 Å². The third kappa shape index (κ3) is 2.49. The first kappa shape index (κ1) is 15.8. The first-order chi connectivity index (χ1) is 12.7. The smallest absolute Gasteiger partial charge is 0.269 e. The monoisotopic (exact) mass is 398 g/mol. The van der Waals surface area contributed by atoms with Gasteiger partial charge in [0.25, 0.3) is 5.91 Å². The van der Waals surface area contributed by atoms with E-state index in [4.69, 9.17) is 16.3 Å². The predicted octanol–water partition coefficient (Wildman–Crippen LogP) is 5.82. The van der Waals surface area contributed by atoms with Crippen LogP contribution >= 0.6 is 34.3 Å². The molecule has 0 saturated carbocycles. The molecule has 7 heteroatoms. The number of para-hydroxylation sites is 1. The SMILES string of the molecule is O=C(Nc1nc2c(s1)COc1ccccc1-2)c1sc2ccccc2c1Cl. The summed E-state index contributed by atoms with van der Waals surface area (Å²) in [4.78, 5) is 18.8. The fourth-order valence-corrected chi connectivity index (χ4v) is 5.26. The van der Waals surface area contributed by atoms with Crippen molar-refractivity contribution in [3.63, 3.8) is 0 Å². The minimum Gasteiger partial charge on any atom is -0.487 e. The maximum absolute atomic E-state index is 12.7. The van der Waals surface area contributed by atoms with E-state index in [9.17, 15) is 4.79 Å². The van der Waals surface area contributed by atoms with Crippen molar-refractivity contribution in [3.8, 4) is 17.0 Å². The standard InChI is InChI=1S/C19H11ClN2O2S2/c20-15-11-6-2-4-8-13(11)25-17(15)18(23)22-19-21-16-10-5-1-3-7-12(10)24-9-14(16)26-19/h1-8H,9H2,(H,21,22,23). The van der Waals surface area contributed by atoms with Crippen LogP contribution in [-0.4, -0.2) is 10.9 Å². The van der Waals surface area contributed by atoms with Crippen LogP contribution in [-0.2, 0) is 6.61 Å². The topological polar surface area (TPSA) is 51.2 Å². The van der Waals surface area contributed by atoms with Crippen molar-refractivity contribution in [2.24, 2.45) is 0 Å². The molecule has 0 radical (unpaired) electrons. The number of amides is 1. The van der Waals surface area contributed by atoms with E-state index in [-0.39, 0.29) is 5.91 Å². The molecule has 1 aliphatic heterocycles. The van der Waals surface area contributed by atoms with Gasteiger partial charge in [0.1, 0.15) is 17.2 Å². The fourth-order valence-electron chi connectivity index (χ4n) is 2.96. The molecule has 4 nitrogen and oxygen atoms in total. The number of carbonyl (C=O) groups excluding carboxylic acids is 1. The van der Waals surface area contributed by atoms with E-state index < -0.39 is 0 Å². The minimum absolute atomic E-state index is 0.239. The molecule has 0 unspecified atom stereocenters. The molecule has 5 rings (SSSR count). The van der Waals surface area contributed by atoms with Gasteiger partial charge in [0.15, 0.2) is 5.13 Å². The predicted molar refractivity (Wildman–Crippen MR) is 107 cm³/mol. The first-order valence-electron chi connectivity index (χ1n) is 7.91. The van der Waals surface area contributed by atoms with Gasteiger partial charge < -0.3 is 4.74 Å². The van der Waals surface area contributed by atoms with Gasteiger partial charge in [0, 0.05) is 15.6 Å². The Labute approximate surface area is 162 Å². The van der Waals surface area contributed by atoms with Crippen LogP contribution in [0.3, 0.4) is 0 Å². The van der Waals surface area contributed by atoms with Gasteiger partial charge >= 0.3 is 0 Å². The average molecular weight is 399 g/mol. The van der Waals surface area contributed by atoms with Crippen molar-refractivity contribution < 1.29 is 9.53 Å². The van der Waals surface area contributed by atoms with Crippen molar-refractivity contribution in [2.45, 2.75) is 6.61 Å². The third-order valence-corrected chi connectivity index (χ3v) is 6.78. The van der Waals surface area contributed by atoms with E-state index in [0.717, 1.165) is 32.0 Å². The maximum atomic E-state index is 12.7. The second-order valence-electron chi connectivity index (χ2n) is 5.77. The number of hydrogen-bond donors (Lipinski definition) is 1. The maximum Gasteiger partial charge on any atom is 0.269 e. The zero-order chi connectivity index (χ0) is 17.7. The highest BCUT2D eigenvalue weighted by atomic mass is 35.5. The number of thiophene rings is 1. The van der Waals surface area contributed by atoms with Crippen LogP contribution in [0.25, 0.3) is 21.3 Å². The van der Waals surface area contributed by atoms with Gasteiger partial charge in [-0.25, -0.2) is 4.98 Å².